The highest BCUT2D eigenvalue weighted by Gasteiger charge is 2.21. The van der Waals surface area contributed by atoms with Gasteiger partial charge < -0.3 is 20.3 Å². The Balaban J connectivity index is 1.50. The number of aromatic nitrogens is 4. The maximum Gasteiger partial charge on any atom is 0.277 e. The van der Waals surface area contributed by atoms with Crippen molar-refractivity contribution in [3.63, 3.8) is 0 Å². The van der Waals surface area contributed by atoms with Crippen LogP contribution in [0.5, 0.6) is 0 Å². The minimum atomic E-state index is -0.667. The molecule has 1 aromatic carbocycles. The van der Waals surface area contributed by atoms with Crippen molar-refractivity contribution in [1.29, 1.82) is 0 Å². The number of morpholine rings is 1. The van der Waals surface area contributed by atoms with Gasteiger partial charge >= 0.3 is 0 Å². The number of nitrogen functional groups attached to an aromatic ring is 1. The maximum absolute atomic E-state index is 11.5. The Bertz CT molecular complexity index is 1410. The summed E-state index contributed by atoms with van der Waals surface area (Å²) in [5.74, 6) is 1.16. The van der Waals surface area contributed by atoms with Gasteiger partial charge in [-0.1, -0.05) is 11.6 Å². The molecule has 36 heavy (non-hydrogen) atoms. The first-order chi connectivity index (χ1) is 17.4. The molecule has 4 aromatic rings. The summed E-state index contributed by atoms with van der Waals surface area (Å²) in [6, 6.07) is 7.35. The second kappa shape index (κ2) is 10.2. The average Bonchev–Trinajstić information content (AvgIpc) is 3.30. The number of nitrogens with two attached hydrogens (primary N) is 1. The molecule has 1 aliphatic heterocycles. The summed E-state index contributed by atoms with van der Waals surface area (Å²) in [5, 5.41) is 9.26. The summed E-state index contributed by atoms with van der Waals surface area (Å²) in [5.41, 5.74) is 9.72. The zero-order valence-electron chi connectivity index (χ0n) is 19.3. The fraction of sp³-hybridized carbons (Fsp3) is 0.261. The standard InChI is InChI=1S/C23H23ClN8O3S/c1-31(23-26-10-13(11-27-23)22(33)30-34)12-15-9-18-19(36-15)21(32-4-6-35-7-5-32)29-20(28-18)16-3-2-14(25)8-17(16)24/h2-3,8-11,34H,4-7,12,25H2,1H3,(H,30,33). The van der Waals surface area contributed by atoms with Crippen LogP contribution in [0.15, 0.2) is 36.7 Å². The van der Waals surface area contributed by atoms with Crippen molar-refractivity contribution >= 4 is 56.5 Å². The number of benzene rings is 1. The zero-order valence-corrected chi connectivity index (χ0v) is 20.9. The van der Waals surface area contributed by atoms with Gasteiger partial charge in [0.15, 0.2) is 11.6 Å². The molecule has 1 fully saturated rings. The molecule has 0 saturated carbocycles. The molecule has 0 unspecified atom stereocenters. The Kier molecular flexibility index (Phi) is 6.83. The van der Waals surface area contributed by atoms with Gasteiger partial charge in [-0.25, -0.2) is 25.4 Å². The summed E-state index contributed by atoms with van der Waals surface area (Å²) in [6.07, 6.45) is 2.72. The van der Waals surface area contributed by atoms with Crippen LogP contribution in [-0.4, -0.2) is 64.4 Å². The second-order valence-corrected chi connectivity index (χ2v) is 9.75. The summed E-state index contributed by atoms with van der Waals surface area (Å²) in [4.78, 5) is 34.8. The normalized spacial score (nSPS) is 13.7. The lowest BCUT2D eigenvalue weighted by Gasteiger charge is -2.28. The van der Waals surface area contributed by atoms with E-state index in [1.54, 1.807) is 28.9 Å². The number of nitrogens with one attached hydrogen (secondary N) is 1. The minimum Gasteiger partial charge on any atom is -0.399 e. The molecule has 11 nitrogen and oxygen atoms in total. The quantitative estimate of drug-likeness (QED) is 0.195. The number of nitrogens with zero attached hydrogens (tertiary/aromatic N) is 6. The first-order valence-electron chi connectivity index (χ1n) is 11.1. The van der Waals surface area contributed by atoms with Gasteiger partial charge in [0, 0.05) is 48.7 Å². The first-order valence-corrected chi connectivity index (χ1v) is 12.3. The fourth-order valence-corrected chi connectivity index (χ4v) is 5.31. The molecule has 0 spiro atoms. The van der Waals surface area contributed by atoms with Crippen LogP contribution in [0.4, 0.5) is 17.5 Å². The number of carbonyl (C=O) groups excluding carboxylic acids is 1. The van der Waals surface area contributed by atoms with Gasteiger partial charge in [0.2, 0.25) is 5.95 Å². The highest BCUT2D eigenvalue weighted by Crippen LogP contribution is 2.36. The Morgan fingerprint density at radius 1 is 1.25 bits per heavy atom. The van der Waals surface area contributed by atoms with Gasteiger partial charge in [0.1, 0.15) is 0 Å². The van der Waals surface area contributed by atoms with Gasteiger partial charge in [0.25, 0.3) is 5.91 Å². The van der Waals surface area contributed by atoms with E-state index in [1.165, 1.54) is 12.4 Å². The molecule has 0 aliphatic carbocycles. The van der Waals surface area contributed by atoms with E-state index in [9.17, 15) is 4.79 Å². The predicted octanol–water partition coefficient (Wildman–Crippen LogP) is 2.98. The molecule has 3 aromatic heterocycles. The number of thiophene rings is 1. The summed E-state index contributed by atoms with van der Waals surface area (Å²) in [7, 11) is 1.86. The third-order valence-corrected chi connectivity index (χ3v) is 7.10. The third-order valence-electron chi connectivity index (χ3n) is 5.69. The zero-order chi connectivity index (χ0) is 25.2. The van der Waals surface area contributed by atoms with E-state index in [0.29, 0.717) is 47.8 Å². The van der Waals surface area contributed by atoms with Gasteiger partial charge in [0.05, 0.1) is 40.6 Å². The van der Waals surface area contributed by atoms with Crippen molar-refractivity contribution < 1.29 is 14.7 Å². The minimum absolute atomic E-state index is 0.163. The van der Waals surface area contributed by atoms with Gasteiger partial charge in [-0.05, 0) is 24.3 Å². The predicted molar refractivity (Wildman–Crippen MR) is 139 cm³/mol. The highest BCUT2D eigenvalue weighted by molar-refractivity contribution is 7.19. The molecule has 1 saturated heterocycles. The van der Waals surface area contributed by atoms with Crippen LogP contribution in [0, 0.1) is 0 Å². The van der Waals surface area contributed by atoms with E-state index in [4.69, 9.17) is 37.2 Å². The monoisotopic (exact) mass is 526 g/mol. The van der Waals surface area contributed by atoms with E-state index in [-0.39, 0.29) is 5.56 Å². The van der Waals surface area contributed by atoms with Crippen molar-refractivity contribution in [2.24, 2.45) is 0 Å². The van der Waals surface area contributed by atoms with E-state index in [2.05, 4.69) is 14.9 Å². The van der Waals surface area contributed by atoms with Gasteiger partial charge in [-0.3, -0.25) is 10.0 Å². The Labute approximate surface area is 215 Å². The Hall–Kier alpha value is -3.58. The number of amides is 1. The van der Waals surface area contributed by atoms with E-state index in [1.807, 2.05) is 24.1 Å². The summed E-state index contributed by atoms with van der Waals surface area (Å²) < 4.78 is 6.52. The SMILES string of the molecule is CN(Cc1cc2nc(-c3ccc(N)cc3Cl)nc(N3CCOCC3)c2s1)c1ncc(C(=O)NO)cn1. The number of hydroxylamine groups is 1. The molecule has 5 rings (SSSR count). The molecule has 186 valence electrons. The van der Waals surface area contributed by atoms with Crippen molar-refractivity contribution in [1.82, 2.24) is 25.4 Å². The molecule has 13 heteroatoms. The lowest BCUT2D eigenvalue weighted by molar-refractivity contribution is 0.0705. The molecule has 0 bridgehead atoms. The number of hydrogen-bond acceptors (Lipinski definition) is 11. The van der Waals surface area contributed by atoms with Gasteiger partial charge in [-0.2, -0.15) is 0 Å². The largest absolute Gasteiger partial charge is 0.399 e. The smallest absolute Gasteiger partial charge is 0.277 e. The molecular formula is C23H23ClN8O3S. The van der Waals surface area contributed by atoms with Crippen molar-refractivity contribution in [2.75, 3.05) is 48.9 Å². The van der Waals surface area contributed by atoms with Crippen LogP contribution in [0.1, 0.15) is 15.2 Å². The lowest BCUT2D eigenvalue weighted by Crippen LogP contribution is -2.36. The molecule has 0 radical (unpaired) electrons. The lowest BCUT2D eigenvalue weighted by atomic mass is 10.2. The maximum atomic E-state index is 11.5. The number of rotatable bonds is 6. The first kappa shape index (κ1) is 24.1. The van der Waals surface area contributed by atoms with Crippen molar-refractivity contribution in [2.45, 2.75) is 6.54 Å². The number of carbonyl (C=O) groups is 1. The van der Waals surface area contributed by atoms with Gasteiger partial charge in [-0.15, -0.1) is 11.3 Å². The van der Waals surface area contributed by atoms with Crippen LogP contribution in [-0.2, 0) is 11.3 Å². The van der Waals surface area contributed by atoms with Crippen LogP contribution in [0.3, 0.4) is 0 Å². The molecular weight excluding hydrogens is 504 g/mol. The average molecular weight is 527 g/mol. The molecule has 1 aliphatic rings. The number of hydrogen-bond donors (Lipinski definition) is 3. The Morgan fingerprint density at radius 2 is 2.00 bits per heavy atom. The second-order valence-electron chi connectivity index (χ2n) is 8.21. The van der Waals surface area contributed by atoms with Crippen molar-refractivity contribution in [3.05, 3.63) is 52.1 Å². The number of ether oxygens (including phenoxy) is 1. The Morgan fingerprint density at radius 3 is 2.69 bits per heavy atom. The molecule has 4 N–H and O–H groups in total. The van der Waals surface area contributed by atoms with E-state index >= 15 is 0 Å². The number of halogens is 1. The molecule has 4 heterocycles. The summed E-state index contributed by atoms with van der Waals surface area (Å²) in [6.45, 7) is 3.25. The van der Waals surface area contributed by atoms with E-state index in [0.717, 1.165) is 34.0 Å². The topological polar surface area (TPSA) is 143 Å². The van der Waals surface area contributed by atoms with Crippen LogP contribution >= 0.6 is 22.9 Å². The fourth-order valence-electron chi connectivity index (χ4n) is 3.87. The van der Waals surface area contributed by atoms with Crippen LogP contribution in [0.25, 0.3) is 21.6 Å². The number of anilines is 3. The van der Waals surface area contributed by atoms with Crippen LogP contribution < -0.4 is 21.0 Å². The molecule has 0 atom stereocenters. The number of fused-ring (bicyclic) bond motifs is 1. The van der Waals surface area contributed by atoms with E-state index < -0.39 is 5.91 Å². The highest BCUT2D eigenvalue weighted by atomic mass is 35.5. The summed E-state index contributed by atoms with van der Waals surface area (Å²) >= 11 is 8.09. The third kappa shape index (κ3) is 4.88. The van der Waals surface area contributed by atoms with Crippen molar-refractivity contribution in [3.8, 4) is 11.4 Å². The van der Waals surface area contributed by atoms with Crippen LogP contribution in [0.2, 0.25) is 5.02 Å². The molecule has 1 amide bonds.